The van der Waals surface area contributed by atoms with Gasteiger partial charge in [-0.2, -0.15) is 0 Å². The van der Waals surface area contributed by atoms with Crippen LogP contribution in [0.2, 0.25) is 5.02 Å². The van der Waals surface area contributed by atoms with Crippen LogP contribution in [-0.2, 0) is 4.79 Å². The SMILES string of the molecule is CC1=C(C)C2C(c3ccc(Cl)cc3)=NC(CC(=O)Nc3ccc(C)cc3)c3nnc(C)n3C2S1. The molecule has 8 heteroatoms. The molecule has 174 valence electrons. The number of carbonyl (C=O) groups excluding carboxylic acids is 1. The van der Waals surface area contributed by atoms with Crippen LogP contribution in [0.1, 0.15) is 54.5 Å². The molecule has 0 spiro atoms. The summed E-state index contributed by atoms with van der Waals surface area (Å²) < 4.78 is 2.17. The normalized spacial score (nSPS) is 21.6. The minimum atomic E-state index is -0.448. The number of carbonyl (C=O) groups is 1. The third-order valence-electron chi connectivity index (χ3n) is 6.49. The molecule has 2 aromatic carbocycles. The number of fused-ring (bicyclic) bond motifs is 3. The molecule has 6 nitrogen and oxygen atoms in total. The van der Waals surface area contributed by atoms with Crippen molar-refractivity contribution in [3.05, 3.63) is 86.8 Å². The molecule has 0 aliphatic carbocycles. The number of thioether (sulfide) groups is 1. The minimum absolute atomic E-state index is 0.0598. The summed E-state index contributed by atoms with van der Waals surface area (Å²) in [7, 11) is 0. The molecule has 0 saturated carbocycles. The van der Waals surface area contributed by atoms with Crippen LogP contribution in [0, 0.1) is 19.8 Å². The maximum Gasteiger partial charge on any atom is 0.227 e. The van der Waals surface area contributed by atoms with Gasteiger partial charge in [-0.1, -0.05) is 47.0 Å². The van der Waals surface area contributed by atoms with E-state index in [1.165, 1.54) is 10.5 Å². The maximum atomic E-state index is 13.1. The summed E-state index contributed by atoms with van der Waals surface area (Å²) in [5.41, 5.74) is 5.17. The lowest BCUT2D eigenvalue weighted by atomic mass is 9.90. The number of nitrogens with one attached hydrogen (secondary N) is 1. The molecule has 0 saturated heterocycles. The van der Waals surface area contributed by atoms with Crippen molar-refractivity contribution in [2.45, 2.75) is 45.5 Å². The predicted octanol–water partition coefficient (Wildman–Crippen LogP) is 6.28. The van der Waals surface area contributed by atoms with Gasteiger partial charge in [-0.05, 0) is 62.4 Å². The monoisotopic (exact) mass is 491 g/mol. The van der Waals surface area contributed by atoms with Crippen LogP contribution in [-0.4, -0.2) is 26.4 Å². The van der Waals surface area contributed by atoms with Gasteiger partial charge in [0.15, 0.2) is 5.82 Å². The smallest absolute Gasteiger partial charge is 0.227 e. The van der Waals surface area contributed by atoms with E-state index in [0.29, 0.717) is 5.02 Å². The van der Waals surface area contributed by atoms with Crippen molar-refractivity contribution < 1.29 is 4.79 Å². The molecular weight excluding hydrogens is 466 g/mol. The maximum absolute atomic E-state index is 13.1. The Labute approximate surface area is 208 Å². The molecule has 5 rings (SSSR count). The van der Waals surface area contributed by atoms with Crippen LogP contribution in [0.5, 0.6) is 0 Å². The summed E-state index contributed by atoms with van der Waals surface area (Å²) in [5, 5.41) is 12.6. The van der Waals surface area contributed by atoms with Crippen LogP contribution in [0.4, 0.5) is 5.69 Å². The molecule has 3 atom stereocenters. The lowest BCUT2D eigenvalue weighted by molar-refractivity contribution is -0.116. The summed E-state index contributed by atoms with van der Waals surface area (Å²) in [6.07, 6.45) is 0.176. The summed E-state index contributed by atoms with van der Waals surface area (Å²) in [6, 6.07) is 15.1. The summed E-state index contributed by atoms with van der Waals surface area (Å²) in [4.78, 5) is 19.6. The van der Waals surface area contributed by atoms with E-state index < -0.39 is 6.04 Å². The number of aromatic nitrogens is 3. The van der Waals surface area contributed by atoms with Gasteiger partial charge in [-0.15, -0.1) is 22.0 Å². The second-order valence-corrected chi connectivity index (χ2v) is 10.6. The number of hydrogen-bond acceptors (Lipinski definition) is 5. The molecule has 0 fully saturated rings. The van der Waals surface area contributed by atoms with Crippen LogP contribution >= 0.6 is 23.4 Å². The second kappa shape index (κ2) is 9.04. The van der Waals surface area contributed by atoms with Crippen molar-refractivity contribution in [3.63, 3.8) is 0 Å². The van der Waals surface area contributed by atoms with Crippen molar-refractivity contribution in [1.82, 2.24) is 14.8 Å². The van der Waals surface area contributed by atoms with E-state index in [0.717, 1.165) is 34.2 Å². The highest BCUT2D eigenvalue weighted by atomic mass is 35.5. The van der Waals surface area contributed by atoms with Gasteiger partial charge in [-0.25, -0.2) is 0 Å². The summed E-state index contributed by atoms with van der Waals surface area (Å²) >= 11 is 7.99. The number of allylic oxidation sites excluding steroid dienone is 2. The van der Waals surface area contributed by atoms with Crippen LogP contribution in [0.15, 0.2) is 64.0 Å². The van der Waals surface area contributed by atoms with E-state index in [-0.39, 0.29) is 23.6 Å². The van der Waals surface area contributed by atoms with E-state index in [9.17, 15) is 4.79 Å². The molecule has 1 N–H and O–H groups in total. The molecule has 0 radical (unpaired) electrons. The molecule has 3 aromatic rings. The number of benzene rings is 2. The first-order valence-electron chi connectivity index (χ1n) is 11.3. The van der Waals surface area contributed by atoms with E-state index in [1.54, 1.807) is 0 Å². The van der Waals surface area contributed by atoms with Crippen molar-refractivity contribution in [1.29, 1.82) is 0 Å². The number of halogens is 1. The summed E-state index contributed by atoms with van der Waals surface area (Å²) in [5.74, 6) is 1.51. The fourth-order valence-electron chi connectivity index (χ4n) is 4.59. The van der Waals surface area contributed by atoms with Crippen molar-refractivity contribution in [3.8, 4) is 0 Å². The van der Waals surface area contributed by atoms with Gasteiger partial charge < -0.3 is 5.32 Å². The average molecular weight is 492 g/mol. The van der Waals surface area contributed by atoms with E-state index in [1.807, 2.05) is 74.1 Å². The van der Waals surface area contributed by atoms with Crippen LogP contribution in [0.3, 0.4) is 0 Å². The average Bonchev–Trinajstić information content (AvgIpc) is 3.28. The Hall–Kier alpha value is -2.90. The number of aliphatic imine (C=N–C) groups is 1. The van der Waals surface area contributed by atoms with Gasteiger partial charge in [0.25, 0.3) is 0 Å². The second-order valence-electron chi connectivity index (χ2n) is 8.86. The Morgan fingerprint density at radius 2 is 1.74 bits per heavy atom. The zero-order chi connectivity index (χ0) is 24.0. The number of rotatable bonds is 4. The number of aryl methyl sites for hydroxylation is 2. The van der Waals surface area contributed by atoms with Crippen molar-refractivity contribution in [2.75, 3.05) is 5.32 Å². The van der Waals surface area contributed by atoms with Gasteiger partial charge in [0.2, 0.25) is 5.91 Å². The number of anilines is 1. The highest BCUT2D eigenvalue weighted by Gasteiger charge is 2.42. The molecule has 2 aliphatic rings. The molecule has 0 bridgehead atoms. The Morgan fingerprint density at radius 3 is 2.44 bits per heavy atom. The molecular formula is C26H26ClN5OS. The zero-order valence-corrected chi connectivity index (χ0v) is 21.1. The molecule has 3 heterocycles. The van der Waals surface area contributed by atoms with E-state index >= 15 is 0 Å². The summed E-state index contributed by atoms with van der Waals surface area (Å²) in [6.45, 7) is 8.31. The number of hydrogen-bond donors (Lipinski definition) is 1. The lowest BCUT2D eigenvalue weighted by Crippen LogP contribution is -2.23. The Bertz CT molecular complexity index is 1310. The Kier molecular flexibility index (Phi) is 6.08. The van der Waals surface area contributed by atoms with Gasteiger partial charge in [0.05, 0.1) is 23.4 Å². The third-order valence-corrected chi connectivity index (χ3v) is 8.15. The van der Waals surface area contributed by atoms with Crippen LogP contribution < -0.4 is 5.32 Å². The van der Waals surface area contributed by atoms with Crippen LogP contribution in [0.25, 0.3) is 0 Å². The Balaban J connectivity index is 1.57. The Morgan fingerprint density at radius 1 is 1.03 bits per heavy atom. The van der Waals surface area contributed by atoms with E-state index in [2.05, 4.69) is 33.9 Å². The van der Waals surface area contributed by atoms with Crippen molar-refractivity contribution >= 4 is 40.7 Å². The molecule has 1 aromatic heterocycles. The molecule has 2 aliphatic heterocycles. The highest BCUT2D eigenvalue weighted by molar-refractivity contribution is 8.03. The van der Waals surface area contributed by atoms with Gasteiger partial charge in [0, 0.05) is 10.7 Å². The quantitative estimate of drug-likeness (QED) is 0.466. The molecule has 34 heavy (non-hydrogen) atoms. The van der Waals surface area contributed by atoms with Gasteiger partial charge in [-0.3, -0.25) is 14.4 Å². The van der Waals surface area contributed by atoms with E-state index in [4.69, 9.17) is 16.6 Å². The fraction of sp³-hybridized carbons (Fsp3) is 0.308. The number of amides is 1. The van der Waals surface area contributed by atoms with Gasteiger partial charge in [0.1, 0.15) is 11.9 Å². The predicted molar refractivity (Wildman–Crippen MR) is 138 cm³/mol. The number of nitrogens with zero attached hydrogens (tertiary/aromatic N) is 4. The molecule has 1 amide bonds. The topological polar surface area (TPSA) is 72.2 Å². The first kappa shape index (κ1) is 22.9. The van der Waals surface area contributed by atoms with Gasteiger partial charge >= 0.3 is 0 Å². The standard InChI is InChI=1S/C26H26ClN5OS/c1-14-5-11-20(12-6-14)28-22(33)13-21-25-31-30-17(4)32(25)26-23(15(2)16(3)34-26)24(29-21)18-7-9-19(27)10-8-18/h5-12,21,23,26H,13H2,1-4H3,(H,28,33). The molecule has 3 unspecified atom stereocenters. The largest absolute Gasteiger partial charge is 0.326 e. The first-order valence-corrected chi connectivity index (χ1v) is 12.5. The van der Waals surface area contributed by atoms with Crippen molar-refractivity contribution in [2.24, 2.45) is 10.9 Å². The fourth-order valence-corrected chi connectivity index (χ4v) is 6.22. The first-order chi connectivity index (χ1) is 16.3. The lowest BCUT2D eigenvalue weighted by Gasteiger charge is -2.23. The highest BCUT2D eigenvalue weighted by Crippen LogP contribution is 2.52. The third kappa shape index (κ3) is 4.18. The zero-order valence-electron chi connectivity index (χ0n) is 19.5. The minimum Gasteiger partial charge on any atom is -0.326 e.